The minimum absolute atomic E-state index is 0.416. The SMILES string of the molecule is c1ccc(-c2cccc3cccc(-c4cccc(N(c5ccc(-c6ccc(C78CC9CC(CC(C9)C7)C8)cc6)cc5)c5cccc6oc7ccccc7c56)c4)c23)cc1. The first-order valence-corrected chi connectivity index (χ1v) is 21.2. The Labute approximate surface area is 340 Å². The molecule has 58 heavy (non-hydrogen) atoms. The van der Waals surface area contributed by atoms with Crippen molar-refractivity contribution in [3.8, 4) is 33.4 Å². The van der Waals surface area contributed by atoms with E-state index in [1.54, 1.807) is 5.56 Å². The van der Waals surface area contributed by atoms with Crippen molar-refractivity contribution >= 4 is 49.8 Å². The summed E-state index contributed by atoms with van der Waals surface area (Å²) in [6.45, 7) is 0. The second kappa shape index (κ2) is 13.4. The molecule has 0 saturated heterocycles. The molecule has 2 nitrogen and oxygen atoms in total. The zero-order valence-electron chi connectivity index (χ0n) is 32.7. The van der Waals surface area contributed by atoms with Gasteiger partial charge in [-0.25, -0.2) is 0 Å². The summed E-state index contributed by atoms with van der Waals surface area (Å²) in [5.41, 5.74) is 14.5. The predicted molar refractivity (Wildman–Crippen MR) is 242 cm³/mol. The van der Waals surface area contributed by atoms with Crippen molar-refractivity contribution in [2.75, 3.05) is 4.90 Å². The highest BCUT2D eigenvalue weighted by atomic mass is 16.3. The molecule has 1 heterocycles. The van der Waals surface area contributed by atoms with Crippen LogP contribution in [0.4, 0.5) is 17.1 Å². The summed E-state index contributed by atoms with van der Waals surface area (Å²) in [5, 5.41) is 4.73. The molecular formula is C56H45NO. The maximum Gasteiger partial charge on any atom is 0.137 e. The molecule has 4 bridgehead atoms. The van der Waals surface area contributed by atoms with E-state index in [0.717, 1.165) is 56.8 Å². The van der Waals surface area contributed by atoms with Crippen LogP contribution in [0, 0.1) is 17.8 Å². The molecule has 0 N–H and O–H groups in total. The zero-order valence-corrected chi connectivity index (χ0v) is 32.7. The average Bonchev–Trinajstić information content (AvgIpc) is 3.66. The number of fused-ring (bicyclic) bond motifs is 4. The summed E-state index contributed by atoms with van der Waals surface area (Å²) < 4.78 is 6.45. The minimum atomic E-state index is 0.416. The van der Waals surface area contributed by atoms with E-state index in [4.69, 9.17) is 4.42 Å². The largest absolute Gasteiger partial charge is 0.456 e. The van der Waals surface area contributed by atoms with Crippen molar-refractivity contribution in [3.63, 3.8) is 0 Å². The van der Waals surface area contributed by atoms with Crippen LogP contribution >= 0.6 is 0 Å². The van der Waals surface area contributed by atoms with Gasteiger partial charge in [0.15, 0.2) is 0 Å². The number of hydrogen-bond donors (Lipinski definition) is 0. The Morgan fingerprint density at radius 1 is 0.431 bits per heavy atom. The van der Waals surface area contributed by atoms with E-state index in [0.29, 0.717) is 5.41 Å². The number of hydrogen-bond acceptors (Lipinski definition) is 2. The number of rotatable bonds is 7. The van der Waals surface area contributed by atoms with Gasteiger partial charge >= 0.3 is 0 Å². The van der Waals surface area contributed by atoms with Crippen LogP contribution in [0.3, 0.4) is 0 Å². The van der Waals surface area contributed by atoms with Crippen molar-refractivity contribution in [1.29, 1.82) is 0 Å². The van der Waals surface area contributed by atoms with Crippen LogP contribution in [0.15, 0.2) is 186 Å². The number of benzene rings is 8. The molecule has 280 valence electrons. The summed E-state index contributed by atoms with van der Waals surface area (Å²) in [4.78, 5) is 2.41. The fourth-order valence-corrected chi connectivity index (χ4v) is 11.9. The monoisotopic (exact) mass is 747 g/mol. The van der Waals surface area contributed by atoms with Gasteiger partial charge in [-0.2, -0.15) is 0 Å². The molecule has 4 aliphatic rings. The highest BCUT2D eigenvalue weighted by molar-refractivity contribution is 6.13. The molecule has 0 radical (unpaired) electrons. The van der Waals surface area contributed by atoms with Crippen LogP contribution in [-0.4, -0.2) is 0 Å². The maximum absolute atomic E-state index is 6.45. The van der Waals surface area contributed by atoms with Gasteiger partial charge in [0.05, 0.1) is 11.1 Å². The van der Waals surface area contributed by atoms with Crippen molar-refractivity contribution in [2.24, 2.45) is 17.8 Å². The molecule has 0 unspecified atom stereocenters. The lowest BCUT2D eigenvalue weighted by Gasteiger charge is -2.57. The summed E-state index contributed by atoms with van der Waals surface area (Å²) in [7, 11) is 0. The van der Waals surface area contributed by atoms with E-state index in [1.165, 1.54) is 82.7 Å². The van der Waals surface area contributed by atoms with Gasteiger partial charge < -0.3 is 9.32 Å². The Kier molecular flexibility index (Phi) is 7.76. The van der Waals surface area contributed by atoms with E-state index >= 15 is 0 Å². The van der Waals surface area contributed by atoms with Gasteiger partial charge in [-0.1, -0.05) is 140 Å². The highest BCUT2D eigenvalue weighted by Gasteiger charge is 2.51. The lowest BCUT2D eigenvalue weighted by Crippen LogP contribution is -2.48. The topological polar surface area (TPSA) is 16.4 Å². The first kappa shape index (κ1) is 33.7. The number of nitrogens with zero attached hydrogens (tertiary/aromatic N) is 1. The molecule has 1 aromatic heterocycles. The Hall–Kier alpha value is -6.38. The van der Waals surface area contributed by atoms with Gasteiger partial charge in [-0.3, -0.25) is 0 Å². The van der Waals surface area contributed by atoms with Crippen molar-refractivity contribution in [1.82, 2.24) is 0 Å². The van der Waals surface area contributed by atoms with Gasteiger partial charge in [0.2, 0.25) is 0 Å². The van der Waals surface area contributed by atoms with E-state index in [1.807, 2.05) is 6.07 Å². The average molecular weight is 748 g/mol. The molecule has 0 spiro atoms. The van der Waals surface area contributed by atoms with Crippen LogP contribution in [0.5, 0.6) is 0 Å². The van der Waals surface area contributed by atoms with E-state index in [-0.39, 0.29) is 0 Å². The Bertz CT molecular complexity index is 2930. The van der Waals surface area contributed by atoms with Crippen LogP contribution in [-0.2, 0) is 5.41 Å². The molecule has 0 amide bonds. The molecule has 8 aromatic carbocycles. The van der Waals surface area contributed by atoms with Gasteiger partial charge in [-0.05, 0) is 154 Å². The second-order valence-electron chi connectivity index (χ2n) is 17.5. The molecule has 4 fully saturated rings. The Balaban J connectivity index is 0.968. The highest BCUT2D eigenvalue weighted by Crippen LogP contribution is 2.61. The van der Waals surface area contributed by atoms with E-state index < -0.39 is 0 Å². The molecular weight excluding hydrogens is 703 g/mol. The van der Waals surface area contributed by atoms with Crippen LogP contribution < -0.4 is 4.90 Å². The first-order chi connectivity index (χ1) is 28.7. The summed E-state index contributed by atoms with van der Waals surface area (Å²) >= 11 is 0. The third-order valence-electron chi connectivity index (χ3n) is 14.0. The van der Waals surface area contributed by atoms with Gasteiger partial charge in [-0.15, -0.1) is 0 Å². The Morgan fingerprint density at radius 3 is 1.74 bits per heavy atom. The summed E-state index contributed by atoms with van der Waals surface area (Å²) in [6, 6.07) is 66.9. The van der Waals surface area contributed by atoms with Gasteiger partial charge in [0.25, 0.3) is 0 Å². The van der Waals surface area contributed by atoms with E-state index in [2.05, 4.69) is 181 Å². The standard InChI is InChI=1S/C56H45NO/c1-2-10-42(11-3-1)48-17-7-12-43-13-8-18-49(54(43)48)44-14-6-15-47(33-44)57(51-19-9-21-53-55(51)50-16-4-5-20-52(50)58-53)46-28-24-41(25-29-46)40-22-26-45(27-23-40)56-34-37-30-38(35-56)32-39(31-37)36-56/h1-29,33,37-39H,30-32,34-36H2. The molecule has 9 aromatic rings. The second-order valence-corrected chi connectivity index (χ2v) is 17.5. The fourth-order valence-electron chi connectivity index (χ4n) is 11.9. The molecule has 0 aliphatic heterocycles. The molecule has 4 saturated carbocycles. The summed E-state index contributed by atoms with van der Waals surface area (Å²) in [6.07, 6.45) is 8.64. The minimum Gasteiger partial charge on any atom is -0.456 e. The number of furan rings is 1. The van der Waals surface area contributed by atoms with Crippen LogP contribution in [0.2, 0.25) is 0 Å². The van der Waals surface area contributed by atoms with Crippen molar-refractivity contribution < 1.29 is 4.42 Å². The quantitative estimate of drug-likeness (QED) is 0.161. The lowest BCUT2D eigenvalue weighted by atomic mass is 9.48. The molecule has 13 rings (SSSR count). The predicted octanol–water partition coefficient (Wildman–Crippen LogP) is 15.7. The molecule has 2 heteroatoms. The Morgan fingerprint density at radius 2 is 1.02 bits per heavy atom. The maximum atomic E-state index is 6.45. The number of anilines is 3. The van der Waals surface area contributed by atoms with Gasteiger partial charge in [0, 0.05) is 16.8 Å². The lowest BCUT2D eigenvalue weighted by molar-refractivity contribution is -0.00518. The molecule has 4 aliphatic carbocycles. The zero-order chi connectivity index (χ0) is 38.2. The number of para-hydroxylation sites is 1. The third-order valence-corrected chi connectivity index (χ3v) is 14.0. The normalized spacial score (nSPS) is 20.9. The smallest absolute Gasteiger partial charge is 0.137 e. The van der Waals surface area contributed by atoms with Crippen molar-refractivity contribution in [3.05, 3.63) is 188 Å². The van der Waals surface area contributed by atoms with Crippen molar-refractivity contribution in [2.45, 2.75) is 43.9 Å². The van der Waals surface area contributed by atoms with Crippen LogP contribution in [0.25, 0.3) is 66.1 Å². The molecule has 0 atom stereocenters. The van der Waals surface area contributed by atoms with Crippen LogP contribution in [0.1, 0.15) is 44.1 Å². The van der Waals surface area contributed by atoms with Gasteiger partial charge in [0.1, 0.15) is 11.2 Å². The fraction of sp³-hybridized carbons (Fsp3) is 0.179. The first-order valence-electron chi connectivity index (χ1n) is 21.2. The summed E-state index contributed by atoms with van der Waals surface area (Å²) in [5.74, 6) is 2.85. The van der Waals surface area contributed by atoms with E-state index in [9.17, 15) is 0 Å². The third kappa shape index (κ3) is 5.53.